The van der Waals surface area contributed by atoms with Crippen molar-refractivity contribution in [2.75, 3.05) is 11.9 Å². The van der Waals surface area contributed by atoms with Gasteiger partial charge in [0.2, 0.25) is 0 Å². The summed E-state index contributed by atoms with van der Waals surface area (Å²) in [5.41, 5.74) is 9.69. The molecule has 106 valence electrons. The third-order valence-corrected chi connectivity index (χ3v) is 3.33. The Hall–Kier alpha value is -1.80. The number of nitrogens with two attached hydrogens (primary N) is 1. The van der Waals surface area contributed by atoms with E-state index in [1.165, 1.54) is 16.8 Å². The summed E-state index contributed by atoms with van der Waals surface area (Å²) >= 11 is 0. The van der Waals surface area contributed by atoms with Crippen LogP contribution >= 0.6 is 0 Å². The normalized spacial score (nSPS) is 12.1. The van der Waals surface area contributed by atoms with Crippen LogP contribution in [0.3, 0.4) is 0 Å². The van der Waals surface area contributed by atoms with Gasteiger partial charge >= 0.3 is 0 Å². The van der Waals surface area contributed by atoms with Crippen LogP contribution in [-0.4, -0.2) is 12.6 Å². The van der Waals surface area contributed by atoms with Crippen LogP contribution in [0, 0.1) is 0 Å². The first-order chi connectivity index (χ1) is 9.74. The topological polar surface area (TPSA) is 38.0 Å². The number of nitrogens with one attached hydrogen (secondary N) is 1. The maximum absolute atomic E-state index is 5.80. The predicted octanol–water partition coefficient (Wildman–Crippen LogP) is 3.62. The fourth-order valence-electron chi connectivity index (χ4n) is 2.30. The molecule has 1 atom stereocenters. The van der Waals surface area contributed by atoms with E-state index in [2.05, 4.69) is 59.9 Å². The number of benzene rings is 2. The van der Waals surface area contributed by atoms with Crippen molar-refractivity contribution >= 4 is 5.69 Å². The van der Waals surface area contributed by atoms with Gasteiger partial charge in [-0.05, 0) is 49.4 Å². The highest BCUT2D eigenvalue weighted by Gasteiger charge is 1.98. The van der Waals surface area contributed by atoms with Crippen molar-refractivity contribution in [2.45, 2.75) is 32.2 Å². The molecule has 3 N–H and O–H groups in total. The number of hydrogen-bond acceptors (Lipinski definition) is 2. The van der Waals surface area contributed by atoms with Gasteiger partial charge in [0, 0.05) is 18.3 Å². The lowest BCUT2D eigenvalue weighted by Gasteiger charge is -2.09. The standard InChI is InChI=1S/C18H24N2/c1-15(19)14-17-9-11-18(12-10-17)20-13-5-8-16-6-3-2-4-7-16/h2-4,6-7,9-12,15,20H,5,8,13-14,19H2,1H3. The summed E-state index contributed by atoms with van der Waals surface area (Å²) in [6.07, 6.45) is 3.20. The van der Waals surface area contributed by atoms with Gasteiger partial charge in [-0.1, -0.05) is 42.5 Å². The third kappa shape index (κ3) is 5.06. The summed E-state index contributed by atoms with van der Waals surface area (Å²) in [7, 11) is 0. The summed E-state index contributed by atoms with van der Waals surface area (Å²) in [5.74, 6) is 0. The van der Waals surface area contributed by atoms with Gasteiger partial charge in [0.15, 0.2) is 0 Å². The Kier molecular flexibility index (Phi) is 5.63. The van der Waals surface area contributed by atoms with Crippen LogP contribution in [0.1, 0.15) is 24.5 Å². The zero-order valence-electron chi connectivity index (χ0n) is 12.2. The van der Waals surface area contributed by atoms with Crippen molar-refractivity contribution in [1.82, 2.24) is 0 Å². The molecule has 2 aromatic rings. The van der Waals surface area contributed by atoms with Crippen molar-refractivity contribution in [1.29, 1.82) is 0 Å². The molecular formula is C18H24N2. The smallest absolute Gasteiger partial charge is 0.0340 e. The molecule has 0 bridgehead atoms. The Morgan fingerprint density at radius 2 is 1.65 bits per heavy atom. The minimum Gasteiger partial charge on any atom is -0.385 e. The molecule has 0 saturated carbocycles. The highest BCUT2D eigenvalue weighted by molar-refractivity contribution is 5.44. The van der Waals surface area contributed by atoms with Crippen LogP contribution in [-0.2, 0) is 12.8 Å². The van der Waals surface area contributed by atoms with E-state index in [0.29, 0.717) is 0 Å². The molecule has 0 aromatic heterocycles. The molecule has 2 heteroatoms. The molecule has 0 saturated heterocycles. The summed E-state index contributed by atoms with van der Waals surface area (Å²) < 4.78 is 0. The Bertz CT molecular complexity index is 489. The first kappa shape index (κ1) is 14.6. The molecule has 0 aliphatic rings. The molecule has 0 heterocycles. The number of rotatable bonds is 7. The van der Waals surface area contributed by atoms with Crippen LogP contribution in [0.15, 0.2) is 54.6 Å². The molecule has 20 heavy (non-hydrogen) atoms. The Balaban J connectivity index is 1.71. The lowest BCUT2D eigenvalue weighted by molar-refractivity contribution is 0.738. The van der Waals surface area contributed by atoms with Crippen molar-refractivity contribution in [3.63, 3.8) is 0 Å². The highest BCUT2D eigenvalue weighted by Crippen LogP contribution is 2.11. The predicted molar refractivity (Wildman–Crippen MR) is 87.0 cm³/mol. The Labute approximate surface area is 122 Å². The van der Waals surface area contributed by atoms with E-state index >= 15 is 0 Å². The van der Waals surface area contributed by atoms with Gasteiger partial charge in [-0.15, -0.1) is 0 Å². The summed E-state index contributed by atoms with van der Waals surface area (Å²) in [6.45, 7) is 3.04. The molecule has 0 aliphatic heterocycles. The second kappa shape index (κ2) is 7.71. The van der Waals surface area contributed by atoms with Gasteiger partial charge in [-0.3, -0.25) is 0 Å². The van der Waals surface area contributed by atoms with Crippen LogP contribution < -0.4 is 11.1 Å². The van der Waals surface area contributed by atoms with Crippen molar-refractivity contribution in [2.24, 2.45) is 5.73 Å². The van der Waals surface area contributed by atoms with Gasteiger partial charge in [-0.25, -0.2) is 0 Å². The molecule has 0 radical (unpaired) electrons. The Morgan fingerprint density at radius 1 is 0.950 bits per heavy atom. The van der Waals surface area contributed by atoms with E-state index in [0.717, 1.165) is 25.8 Å². The van der Waals surface area contributed by atoms with Crippen LogP contribution in [0.5, 0.6) is 0 Å². The highest BCUT2D eigenvalue weighted by atomic mass is 14.9. The summed E-state index contributed by atoms with van der Waals surface area (Å²) in [4.78, 5) is 0. The third-order valence-electron chi connectivity index (χ3n) is 3.33. The van der Waals surface area contributed by atoms with Crippen molar-refractivity contribution in [3.8, 4) is 0 Å². The van der Waals surface area contributed by atoms with Crippen molar-refractivity contribution < 1.29 is 0 Å². The molecule has 0 aliphatic carbocycles. The molecule has 2 aromatic carbocycles. The fraction of sp³-hybridized carbons (Fsp3) is 0.333. The molecule has 2 rings (SSSR count). The zero-order valence-corrected chi connectivity index (χ0v) is 12.2. The molecule has 1 unspecified atom stereocenters. The van der Waals surface area contributed by atoms with Crippen LogP contribution in [0.2, 0.25) is 0 Å². The minimum atomic E-state index is 0.222. The minimum absolute atomic E-state index is 0.222. The average molecular weight is 268 g/mol. The van der Waals surface area contributed by atoms with Gasteiger partial charge < -0.3 is 11.1 Å². The second-order valence-corrected chi connectivity index (χ2v) is 5.39. The lowest BCUT2D eigenvalue weighted by Crippen LogP contribution is -2.17. The van der Waals surface area contributed by atoms with E-state index in [1.807, 2.05) is 6.92 Å². The maximum atomic E-state index is 5.80. The fourth-order valence-corrected chi connectivity index (χ4v) is 2.30. The van der Waals surface area contributed by atoms with E-state index in [4.69, 9.17) is 5.73 Å². The lowest BCUT2D eigenvalue weighted by atomic mass is 10.1. The quantitative estimate of drug-likeness (QED) is 0.753. The summed E-state index contributed by atoms with van der Waals surface area (Å²) in [6, 6.07) is 19.4. The van der Waals surface area contributed by atoms with Crippen LogP contribution in [0.25, 0.3) is 0 Å². The number of hydrogen-bond donors (Lipinski definition) is 2. The molecular weight excluding hydrogens is 244 g/mol. The van der Waals surface area contributed by atoms with Gasteiger partial charge in [0.1, 0.15) is 0 Å². The first-order valence-corrected chi connectivity index (χ1v) is 7.36. The van der Waals surface area contributed by atoms with Gasteiger partial charge in [0.25, 0.3) is 0 Å². The van der Waals surface area contributed by atoms with E-state index in [9.17, 15) is 0 Å². The van der Waals surface area contributed by atoms with E-state index in [-0.39, 0.29) is 6.04 Å². The maximum Gasteiger partial charge on any atom is 0.0340 e. The first-order valence-electron chi connectivity index (χ1n) is 7.36. The Morgan fingerprint density at radius 3 is 2.30 bits per heavy atom. The van der Waals surface area contributed by atoms with E-state index < -0.39 is 0 Å². The van der Waals surface area contributed by atoms with Crippen molar-refractivity contribution in [3.05, 3.63) is 65.7 Å². The number of aryl methyl sites for hydroxylation is 1. The van der Waals surface area contributed by atoms with Crippen LogP contribution in [0.4, 0.5) is 5.69 Å². The molecule has 2 nitrogen and oxygen atoms in total. The zero-order chi connectivity index (χ0) is 14.2. The number of anilines is 1. The van der Waals surface area contributed by atoms with Gasteiger partial charge in [-0.2, -0.15) is 0 Å². The molecule has 0 fully saturated rings. The van der Waals surface area contributed by atoms with E-state index in [1.54, 1.807) is 0 Å². The average Bonchev–Trinajstić information content (AvgIpc) is 2.46. The monoisotopic (exact) mass is 268 g/mol. The van der Waals surface area contributed by atoms with Gasteiger partial charge in [0.05, 0.1) is 0 Å². The summed E-state index contributed by atoms with van der Waals surface area (Å²) in [5, 5.41) is 3.46. The molecule has 0 spiro atoms. The second-order valence-electron chi connectivity index (χ2n) is 5.39. The largest absolute Gasteiger partial charge is 0.385 e. The SMILES string of the molecule is CC(N)Cc1ccc(NCCCc2ccccc2)cc1. The molecule has 0 amide bonds.